The summed E-state index contributed by atoms with van der Waals surface area (Å²) in [6.45, 7) is 6.03. The van der Waals surface area contributed by atoms with Gasteiger partial charge < -0.3 is 14.6 Å². The molecular weight excluding hydrogens is 348 g/mol. The Morgan fingerprint density at radius 2 is 1.93 bits per heavy atom. The van der Waals surface area contributed by atoms with E-state index in [1.807, 2.05) is 36.7 Å². The zero-order valence-electron chi connectivity index (χ0n) is 16.5. The van der Waals surface area contributed by atoms with Crippen LogP contribution >= 0.6 is 0 Å². The first-order valence-corrected chi connectivity index (χ1v) is 10.2. The number of likely N-dealkylation sites (tertiary alicyclic amines) is 1. The molecule has 1 aromatic carbocycles. The Kier molecular flexibility index (Phi) is 5.72. The van der Waals surface area contributed by atoms with E-state index in [1.165, 1.54) is 12.8 Å². The lowest BCUT2D eigenvalue weighted by atomic mass is 9.92. The van der Waals surface area contributed by atoms with Gasteiger partial charge in [0, 0.05) is 37.8 Å². The first-order chi connectivity index (χ1) is 13.7. The van der Waals surface area contributed by atoms with E-state index in [0.717, 1.165) is 42.1 Å². The largest absolute Gasteiger partial charge is 0.355 e. The van der Waals surface area contributed by atoms with Crippen molar-refractivity contribution in [1.29, 1.82) is 0 Å². The molecule has 1 amide bonds. The van der Waals surface area contributed by atoms with Gasteiger partial charge in [-0.15, -0.1) is 0 Å². The van der Waals surface area contributed by atoms with Crippen LogP contribution in [0.25, 0.3) is 5.65 Å². The highest BCUT2D eigenvalue weighted by molar-refractivity contribution is 5.77. The van der Waals surface area contributed by atoms with Crippen molar-refractivity contribution in [3.8, 4) is 0 Å². The van der Waals surface area contributed by atoms with Gasteiger partial charge in [0.15, 0.2) is 0 Å². The van der Waals surface area contributed by atoms with Crippen molar-refractivity contribution in [3.05, 3.63) is 71.7 Å². The summed E-state index contributed by atoms with van der Waals surface area (Å²) in [6, 6.07) is 14.4. The summed E-state index contributed by atoms with van der Waals surface area (Å²) in [6.07, 6.45) is 6.92. The molecule has 0 aliphatic carbocycles. The number of hydrogen-bond donors (Lipinski definition) is 1. The molecule has 0 spiro atoms. The van der Waals surface area contributed by atoms with Crippen molar-refractivity contribution >= 4 is 11.6 Å². The molecule has 1 unspecified atom stereocenters. The molecule has 2 aromatic heterocycles. The molecule has 1 aliphatic heterocycles. The summed E-state index contributed by atoms with van der Waals surface area (Å²) in [4.78, 5) is 19.8. The van der Waals surface area contributed by atoms with Crippen molar-refractivity contribution in [3.63, 3.8) is 0 Å². The van der Waals surface area contributed by atoms with Crippen molar-refractivity contribution in [2.24, 2.45) is 0 Å². The molecule has 1 atom stereocenters. The van der Waals surface area contributed by atoms with Crippen LogP contribution in [0, 0.1) is 6.92 Å². The van der Waals surface area contributed by atoms with Crippen molar-refractivity contribution < 1.29 is 4.79 Å². The van der Waals surface area contributed by atoms with Gasteiger partial charge in [0.25, 0.3) is 0 Å². The third kappa shape index (κ3) is 4.09. The molecule has 1 N–H and O–H groups in total. The number of nitrogens with one attached hydrogen (secondary N) is 1. The van der Waals surface area contributed by atoms with Gasteiger partial charge in [0.1, 0.15) is 5.65 Å². The van der Waals surface area contributed by atoms with E-state index in [1.54, 1.807) is 0 Å². The number of amides is 1. The van der Waals surface area contributed by atoms with E-state index in [0.29, 0.717) is 13.0 Å². The first kappa shape index (κ1) is 18.7. The normalized spacial score (nSPS) is 15.8. The second-order valence-electron chi connectivity index (χ2n) is 7.63. The second kappa shape index (κ2) is 8.57. The minimum absolute atomic E-state index is 0.0233. The molecule has 0 saturated carbocycles. The molecule has 1 saturated heterocycles. The van der Waals surface area contributed by atoms with Gasteiger partial charge in [0.05, 0.1) is 5.69 Å². The number of hydrogen-bond acceptors (Lipinski definition) is 3. The van der Waals surface area contributed by atoms with Gasteiger partial charge in [-0.25, -0.2) is 4.98 Å². The fourth-order valence-electron chi connectivity index (χ4n) is 4.12. The van der Waals surface area contributed by atoms with Gasteiger partial charge in [-0.3, -0.25) is 4.79 Å². The van der Waals surface area contributed by atoms with Crippen LogP contribution < -0.4 is 5.32 Å². The Morgan fingerprint density at radius 3 is 2.71 bits per heavy atom. The molecule has 5 nitrogen and oxygen atoms in total. The number of aryl methyl sites for hydroxylation is 1. The van der Waals surface area contributed by atoms with E-state index in [4.69, 9.17) is 0 Å². The number of aromatic nitrogens is 2. The number of pyridine rings is 1. The minimum atomic E-state index is -0.0233. The fraction of sp³-hybridized carbons (Fsp3) is 0.391. The molecule has 0 bridgehead atoms. The van der Waals surface area contributed by atoms with Crippen LogP contribution in [-0.2, 0) is 4.79 Å². The number of rotatable bonds is 7. The maximum Gasteiger partial charge on any atom is 0.221 e. The van der Waals surface area contributed by atoms with Crippen LogP contribution in [-0.4, -0.2) is 46.4 Å². The number of benzene rings is 1. The van der Waals surface area contributed by atoms with E-state index < -0.39 is 0 Å². The average Bonchev–Trinajstić information content (AvgIpc) is 3.37. The SMILES string of the molecule is Cc1cccn2c(C(CC(=O)NCCN3CCCC3)c3ccccc3)cnc12. The van der Waals surface area contributed by atoms with E-state index in [9.17, 15) is 4.79 Å². The molecule has 0 radical (unpaired) electrons. The van der Waals surface area contributed by atoms with Crippen LogP contribution in [0.2, 0.25) is 0 Å². The Morgan fingerprint density at radius 1 is 1.14 bits per heavy atom. The van der Waals surface area contributed by atoms with E-state index in [2.05, 4.69) is 44.7 Å². The maximum absolute atomic E-state index is 12.7. The second-order valence-corrected chi connectivity index (χ2v) is 7.63. The Labute approximate surface area is 166 Å². The maximum atomic E-state index is 12.7. The van der Waals surface area contributed by atoms with E-state index in [-0.39, 0.29) is 11.8 Å². The quantitative estimate of drug-likeness (QED) is 0.688. The first-order valence-electron chi connectivity index (χ1n) is 10.2. The van der Waals surface area contributed by atoms with Gasteiger partial charge in [-0.2, -0.15) is 0 Å². The highest BCUT2D eigenvalue weighted by atomic mass is 16.1. The minimum Gasteiger partial charge on any atom is -0.355 e. The van der Waals surface area contributed by atoms with Gasteiger partial charge >= 0.3 is 0 Å². The predicted molar refractivity (Wildman–Crippen MR) is 112 cm³/mol. The topological polar surface area (TPSA) is 49.6 Å². The number of carbonyl (C=O) groups is 1. The number of carbonyl (C=O) groups excluding carboxylic acids is 1. The zero-order chi connectivity index (χ0) is 19.3. The summed E-state index contributed by atoms with van der Waals surface area (Å²) in [5, 5.41) is 3.12. The summed E-state index contributed by atoms with van der Waals surface area (Å²) < 4.78 is 2.12. The molecule has 1 fully saturated rings. The molecule has 3 heterocycles. The highest BCUT2D eigenvalue weighted by Crippen LogP contribution is 2.29. The third-order valence-corrected chi connectivity index (χ3v) is 5.66. The average molecular weight is 377 g/mol. The third-order valence-electron chi connectivity index (χ3n) is 5.66. The standard InChI is InChI=1S/C23H28N4O/c1-18-8-7-14-27-21(17-25-23(18)27)20(19-9-3-2-4-10-19)16-22(28)24-11-15-26-12-5-6-13-26/h2-4,7-10,14,17,20H,5-6,11-13,15-16H2,1H3,(H,24,28). The summed E-state index contributed by atoms with van der Waals surface area (Å²) in [5.41, 5.74) is 4.28. The Hall–Kier alpha value is -2.66. The van der Waals surface area contributed by atoms with Crippen molar-refractivity contribution in [1.82, 2.24) is 19.6 Å². The highest BCUT2D eigenvalue weighted by Gasteiger charge is 2.22. The number of imidazole rings is 1. The molecule has 4 rings (SSSR count). The summed E-state index contributed by atoms with van der Waals surface area (Å²) in [7, 11) is 0. The van der Waals surface area contributed by atoms with E-state index >= 15 is 0 Å². The molecular formula is C23H28N4O. The van der Waals surface area contributed by atoms with Gasteiger partial charge in [0.2, 0.25) is 5.91 Å². The predicted octanol–water partition coefficient (Wildman–Crippen LogP) is 3.38. The summed E-state index contributed by atoms with van der Waals surface area (Å²) >= 11 is 0. The van der Waals surface area contributed by atoms with Gasteiger partial charge in [-0.1, -0.05) is 36.4 Å². The summed E-state index contributed by atoms with van der Waals surface area (Å²) in [5.74, 6) is 0.0699. The number of fused-ring (bicyclic) bond motifs is 1. The Bertz CT molecular complexity index is 928. The molecule has 1 aliphatic rings. The van der Waals surface area contributed by atoms with Crippen LogP contribution in [0.15, 0.2) is 54.9 Å². The molecule has 146 valence electrons. The lowest BCUT2D eigenvalue weighted by Crippen LogP contribution is -2.34. The van der Waals surface area contributed by atoms with Crippen LogP contribution in [0.3, 0.4) is 0 Å². The fourth-order valence-corrected chi connectivity index (χ4v) is 4.12. The molecule has 5 heteroatoms. The smallest absolute Gasteiger partial charge is 0.221 e. The molecule has 28 heavy (non-hydrogen) atoms. The monoisotopic (exact) mass is 376 g/mol. The molecule has 3 aromatic rings. The zero-order valence-corrected chi connectivity index (χ0v) is 16.5. The van der Waals surface area contributed by atoms with Crippen LogP contribution in [0.4, 0.5) is 0 Å². The Balaban J connectivity index is 1.52. The van der Waals surface area contributed by atoms with Crippen LogP contribution in [0.1, 0.15) is 42.0 Å². The lowest BCUT2D eigenvalue weighted by Gasteiger charge is -2.19. The lowest BCUT2D eigenvalue weighted by molar-refractivity contribution is -0.121. The number of nitrogens with zero attached hydrogens (tertiary/aromatic N) is 3. The van der Waals surface area contributed by atoms with Crippen LogP contribution in [0.5, 0.6) is 0 Å². The van der Waals surface area contributed by atoms with Gasteiger partial charge in [-0.05, 0) is 50.0 Å². The van der Waals surface area contributed by atoms with Crippen molar-refractivity contribution in [2.45, 2.75) is 32.1 Å². The van der Waals surface area contributed by atoms with Crippen molar-refractivity contribution in [2.75, 3.05) is 26.2 Å².